The standard InChI is InChI=1S/C14H19N3.ClH/c15-14-16-11-13(17-14)10-6-2-5-9-12-7-3-1-4-8-12;/h1,3-4,7-8,11H,2,5-6,9-10H2,(H3,15,16,17);1H. The molecule has 0 bridgehead atoms. The maximum Gasteiger partial charge on any atom is 0.197 e. The topological polar surface area (TPSA) is 54.7 Å². The fraction of sp³-hybridized carbons (Fsp3) is 0.357. The van der Waals surface area contributed by atoms with Crippen LogP contribution in [0.25, 0.3) is 0 Å². The minimum absolute atomic E-state index is 0. The summed E-state index contributed by atoms with van der Waals surface area (Å²) in [4.78, 5) is 7.04. The fourth-order valence-electron chi connectivity index (χ4n) is 1.97. The minimum atomic E-state index is 0. The third-order valence-corrected chi connectivity index (χ3v) is 2.90. The van der Waals surface area contributed by atoms with Crippen LogP contribution < -0.4 is 5.73 Å². The SMILES string of the molecule is Cl.Nc1ncc(CCCCCc2ccccc2)[nH]1. The molecule has 4 heteroatoms. The van der Waals surface area contributed by atoms with Crippen molar-refractivity contribution < 1.29 is 0 Å². The monoisotopic (exact) mass is 265 g/mol. The first-order chi connectivity index (χ1) is 8.34. The van der Waals surface area contributed by atoms with Crippen LogP contribution >= 0.6 is 12.4 Å². The van der Waals surface area contributed by atoms with Crippen LogP contribution in [0.1, 0.15) is 30.5 Å². The first-order valence-electron chi connectivity index (χ1n) is 6.18. The number of hydrogen-bond donors (Lipinski definition) is 2. The summed E-state index contributed by atoms with van der Waals surface area (Å²) in [6.45, 7) is 0. The maximum absolute atomic E-state index is 5.52. The van der Waals surface area contributed by atoms with Crippen molar-refractivity contribution in [3.63, 3.8) is 0 Å². The number of aryl methyl sites for hydroxylation is 2. The number of imidazole rings is 1. The number of nitrogens with zero attached hydrogens (tertiary/aromatic N) is 1. The van der Waals surface area contributed by atoms with Crippen molar-refractivity contribution in [2.24, 2.45) is 0 Å². The van der Waals surface area contributed by atoms with Gasteiger partial charge in [-0.3, -0.25) is 0 Å². The molecular weight excluding hydrogens is 246 g/mol. The van der Waals surface area contributed by atoms with Gasteiger partial charge < -0.3 is 10.7 Å². The Kier molecular flexibility index (Phi) is 6.29. The van der Waals surface area contributed by atoms with Crippen molar-refractivity contribution in [3.05, 3.63) is 47.8 Å². The normalized spacial score (nSPS) is 10.0. The molecule has 0 spiro atoms. The highest BCUT2D eigenvalue weighted by Gasteiger charge is 1.97. The number of halogens is 1. The van der Waals surface area contributed by atoms with Crippen LogP contribution in [0.5, 0.6) is 0 Å². The van der Waals surface area contributed by atoms with E-state index in [4.69, 9.17) is 5.73 Å². The quantitative estimate of drug-likeness (QED) is 0.787. The molecular formula is C14H20ClN3. The summed E-state index contributed by atoms with van der Waals surface area (Å²) >= 11 is 0. The van der Waals surface area contributed by atoms with Crippen LogP contribution in [0.2, 0.25) is 0 Å². The number of nitrogen functional groups attached to an aromatic ring is 1. The summed E-state index contributed by atoms with van der Waals surface area (Å²) in [5, 5.41) is 0. The van der Waals surface area contributed by atoms with Gasteiger partial charge in [0.15, 0.2) is 5.95 Å². The van der Waals surface area contributed by atoms with Gasteiger partial charge in [-0.2, -0.15) is 0 Å². The van der Waals surface area contributed by atoms with Crippen LogP contribution in [0.3, 0.4) is 0 Å². The Morgan fingerprint density at radius 3 is 2.39 bits per heavy atom. The van der Waals surface area contributed by atoms with Crippen LogP contribution in [0.15, 0.2) is 36.5 Å². The van der Waals surface area contributed by atoms with E-state index in [1.165, 1.54) is 31.2 Å². The van der Waals surface area contributed by atoms with E-state index in [0.717, 1.165) is 12.1 Å². The highest BCUT2D eigenvalue weighted by Crippen LogP contribution is 2.09. The van der Waals surface area contributed by atoms with Gasteiger partial charge in [-0.15, -0.1) is 12.4 Å². The Morgan fingerprint density at radius 1 is 1.00 bits per heavy atom. The van der Waals surface area contributed by atoms with E-state index in [9.17, 15) is 0 Å². The van der Waals surface area contributed by atoms with Gasteiger partial charge in [0.05, 0.1) is 6.20 Å². The molecule has 98 valence electrons. The van der Waals surface area contributed by atoms with E-state index in [1.807, 2.05) is 6.20 Å². The Morgan fingerprint density at radius 2 is 1.72 bits per heavy atom. The van der Waals surface area contributed by atoms with Crippen molar-refractivity contribution in [1.82, 2.24) is 9.97 Å². The number of anilines is 1. The molecule has 0 amide bonds. The molecule has 0 aliphatic carbocycles. The molecule has 1 aromatic carbocycles. The number of aromatic nitrogens is 2. The second-order valence-electron chi connectivity index (χ2n) is 4.34. The number of nitrogens with two attached hydrogens (primary N) is 1. The highest BCUT2D eigenvalue weighted by atomic mass is 35.5. The average Bonchev–Trinajstić information content (AvgIpc) is 2.76. The molecule has 2 aromatic rings. The van der Waals surface area contributed by atoms with Gasteiger partial charge in [0.1, 0.15) is 0 Å². The van der Waals surface area contributed by atoms with Crippen molar-refractivity contribution in [2.75, 3.05) is 5.73 Å². The fourth-order valence-corrected chi connectivity index (χ4v) is 1.97. The van der Waals surface area contributed by atoms with Gasteiger partial charge in [0.25, 0.3) is 0 Å². The van der Waals surface area contributed by atoms with Crippen LogP contribution in [-0.4, -0.2) is 9.97 Å². The smallest absolute Gasteiger partial charge is 0.197 e. The lowest BCUT2D eigenvalue weighted by Crippen LogP contribution is -1.90. The predicted octanol–water partition coefficient (Wildman–Crippen LogP) is 3.37. The molecule has 3 nitrogen and oxygen atoms in total. The number of unbranched alkanes of at least 4 members (excludes halogenated alkanes) is 2. The van der Waals surface area contributed by atoms with E-state index in [-0.39, 0.29) is 12.4 Å². The van der Waals surface area contributed by atoms with Crippen LogP contribution in [0, 0.1) is 0 Å². The largest absolute Gasteiger partial charge is 0.369 e. The number of hydrogen-bond acceptors (Lipinski definition) is 2. The second-order valence-corrected chi connectivity index (χ2v) is 4.34. The zero-order valence-corrected chi connectivity index (χ0v) is 11.2. The summed E-state index contributed by atoms with van der Waals surface area (Å²) in [5.41, 5.74) is 8.09. The van der Waals surface area contributed by atoms with E-state index < -0.39 is 0 Å². The lowest BCUT2D eigenvalue weighted by atomic mass is 10.1. The summed E-state index contributed by atoms with van der Waals surface area (Å²) in [6.07, 6.45) is 7.72. The number of benzene rings is 1. The Hall–Kier alpha value is -1.48. The third-order valence-electron chi connectivity index (χ3n) is 2.90. The Labute approximate surface area is 114 Å². The Bertz CT molecular complexity index is 439. The number of H-pyrrole nitrogens is 1. The van der Waals surface area contributed by atoms with Crippen molar-refractivity contribution >= 4 is 18.4 Å². The lowest BCUT2D eigenvalue weighted by molar-refractivity contribution is 0.673. The van der Waals surface area contributed by atoms with E-state index >= 15 is 0 Å². The minimum Gasteiger partial charge on any atom is -0.369 e. The summed E-state index contributed by atoms with van der Waals surface area (Å²) < 4.78 is 0. The molecule has 3 N–H and O–H groups in total. The highest BCUT2D eigenvalue weighted by molar-refractivity contribution is 5.85. The molecule has 0 saturated carbocycles. The summed E-state index contributed by atoms with van der Waals surface area (Å²) in [7, 11) is 0. The molecule has 1 heterocycles. The predicted molar refractivity (Wildman–Crippen MR) is 77.9 cm³/mol. The zero-order chi connectivity index (χ0) is 11.9. The number of rotatable bonds is 6. The van der Waals surface area contributed by atoms with Crippen LogP contribution in [0.4, 0.5) is 5.95 Å². The number of aromatic amines is 1. The van der Waals surface area contributed by atoms with E-state index in [2.05, 4.69) is 40.3 Å². The molecule has 0 aliphatic heterocycles. The average molecular weight is 266 g/mol. The van der Waals surface area contributed by atoms with Gasteiger partial charge in [-0.25, -0.2) is 4.98 Å². The second kappa shape index (κ2) is 7.77. The van der Waals surface area contributed by atoms with Gasteiger partial charge in [-0.1, -0.05) is 36.8 Å². The molecule has 0 saturated heterocycles. The number of nitrogens with one attached hydrogen (secondary N) is 1. The molecule has 2 rings (SSSR count). The van der Waals surface area contributed by atoms with Crippen molar-refractivity contribution in [2.45, 2.75) is 32.1 Å². The van der Waals surface area contributed by atoms with Crippen molar-refractivity contribution in [3.8, 4) is 0 Å². The molecule has 0 radical (unpaired) electrons. The van der Waals surface area contributed by atoms with Gasteiger partial charge in [0.2, 0.25) is 0 Å². The zero-order valence-electron chi connectivity index (χ0n) is 10.4. The Balaban J connectivity index is 0.00000162. The van der Waals surface area contributed by atoms with E-state index in [1.54, 1.807) is 0 Å². The molecule has 0 fully saturated rings. The molecule has 18 heavy (non-hydrogen) atoms. The molecule has 0 unspecified atom stereocenters. The molecule has 0 atom stereocenters. The summed E-state index contributed by atoms with van der Waals surface area (Å²) in [5.74, 6) is 0.518. The first-order valence-corrected chi connectivity index (χ1v) is 6.18. The lowest BCUT2D eigenvalue weighted by Gasteiger charge is -2.01. The third kappa shape index (κ3) is 4.80. The van der Waals surface area contributed by atoms with Crippen LogP contribution in [-0.2, 0) is 12.8 Å². The summed E-state index contributed by atoms with van der Waals surface area (Å²) in [6, 6.07) is 10.6. The molecule has 1 aromatic heterocycles. The van der Waals surface area contributed by atoms with E-state index in [0.29, 0.717) is 5.95 Å². The molecule has 0 aliphatic rings. The van der Waals surface area contributed by atoms with Crippen molar-refractivity contribution in [1.29, 1.82) is 0 Å². The van der Waals surface area contributed by atoms with Gasteiger partial charge in [0, 0.05) is 5.69 Å². The van der Waals surface area contributed by atoms with Gasteiger partial charge in [-0.05, 0) is 31.2 Å². The van der Waals surface area contributed by atoms with Gasteiger partial charge >= 0.3 is 0 Å². The first kappa shape index (κ1) is 14.6. The maximum atomic E-state index is 5.52.